The number of fused-ring (bicyclic) bond motifs is 1. The van der Waals surface area contributed by atoms with Crippen molar-refractivity contribution >= 4 is 39.9 Å². The highest BCUT2D eigenvalue weighted by Crippen LogP contribution is 2.30. The van der Waals surface area contributed by atoms with Gasteiger partial charge in [0.2, 0.25) is 5.91 Å². The molecule has 1 aliphatic carbocycles. The van der Waals surface area contributed by atoms with Crippen LogP contribution in [0.25, 0.3) is 0 Å². The van der Waals surface area contributed by atoms with Crippen molar-refractivity contribution < 1.29 is 9.59 Å². The number of carbonyl (C=O) groups is 2. The number of anilines is 1. The van der Waals surface area contributed by atoms with Crippen LogP contribution < -0.4 is 10.6 Å². The third-order valence-corrected chi connectivity index (χ3v) is 5.09. The van der Waals surface area contributed by atoms with Crippen LogP contribution in [0.4, 0.5) is 5.13 Å². The number of carbonyl (C=O) groups excluding carboxylic acids is 2. The monoisotopic (exact) mass is 349 g/mol. The molecule has 0 saturated carbocycles. The van der Waals surface area contributed by atoms with E-state index >= 15 is 0 Å². The lowest BCUT2D eigenvalue weighted by Gasteiger charge is -2.13. The standard InChI is InChI=1S/C16H16ClN3O2S/c1-9(18-15(22)10-5-2-3-6-11(10)17)14(21)20-16-19-12-7-4-8-13(12)23-16/h2-3,5-6,9H,4,7-8H2,1H3,(H,18,22)(H,19,20,21)/t9-/m1/s1. The Morgan fingerprint density at radius 3 is 2.83 bits per heavy atom. The number of hydrogen-bond acceptors (Lipinski definition) is 4. The van der Waals surface area contributed by atoms with Gasteiger partial charge in [-0.05, 0) is 38.3 Å². The number of thiazole rings is 1. The van der Waals surface area contributed by atoms with Gasteiger partial charge in [-0.25, -0.2) is 4.98 Å². The molecule has 1 aromatic heterocycles. The number of amides is 2. The largest absolute Gasteiger partial charge is 0.340 e. The van der Waals surface area contributed by atoms with E-state index in [-0.39, 0.29) is 11.8 Å². The first-order valence-corrected chi connectivity index (χ1v) is 8.59. The molecule has 7 heteroatoms. The van der Waals surface area contributed by atoms with Crippen LogP contribution in [0.5, 0.6) is 0 Å². The molecule has 1 aromatic carbocycles. The number of halogens is 1. The summed E-state index contributed by atoms with van der Waals surface area (Å²) in [7, 11) is 0. The molecule has 1 heterocycles. The molecule has 0 aliphatic heterocycles. The molecule has 0 bridgehead atoms. The van der Waals surface area contributed by atoms with Crippen LogP contribution in [0.1, 0.15) is 34.3 Å². The minimum atomic E-state index is -0.683. The lowest BCUT2D eigenvalue weighted by molar-refractivity contribution is -0.117. The highest BCUT2D eigenvalue weighted by Gasteiger charge is 2.21. The van der Waals surface area contributed by atoms with Crippen molar-refractivity contribution in [1.82, 2.24) is 10.3 Å². The zero-order valence-electron chi connectivity index (χ0n) is 12.6. The normalized spacial score (nSPS) is 14.2. The van der Waals surface area contributed by atoms with Gasteiger partial charge in [-0.1, -0.05) is 23.7 Å². The maximum absolute atomic E-state index is 12.2. The van der Waals surface area contributed by atoms with Crippen molar-refractivity contribution in [2.45, 2.75) is 32.2 Å². The third kappa shape index (κ3) is 3.54. The predicted octanol–water partition coefficient (Wildman–Crippen LogP) is 3.04. The van der Waals surface area contributed by atoms with Gasteiger partial charge in [0.05, 0.1) is 16.3 Å². The van der Waals surface area contributed by atoms with E-state index in [0.717, 1.165) is 25.0 Å². The number of rotatable bonds is 4. The highest BCUT2D eigenvalue weighted by atomic mass is 35.5. The van der Waals surface area contributed by atoms with Gasteiger partial charge >= 0.3 is 0 Å². The topological polar surface area (TPSA) is 71.1 Å². The zero-order valence-corrected chi connectivity index (χ0v) is 14.1. The summed E-state index contributed by atoms with van der Waals surface area (Å²) in [5, 5.41) is 6.36. The zero-order chi connectivity index (χ0) is 16.4. The van der Waals surface area contributed by atoms with E-state index in [4.69, 9.17) is 11.6 Å². The molecule has 2 amide bonds. The summed E-state index contributed by atoms with van der Waals surface area (Å²) in [6.07, 6.45) is 3.13. The minimum absolute atomic E-state index is 0.294. The first kappa shape index (κ1) is 16.0. The van der Waals surface area contributed by atoms with Gasteiger partial charge in [-0.3, -0.25) is 9.59 Å². The van der Waals surface area contributed by atoms with Crippen LogP contribution in [0, 0.1) is 0 Å². The number of aryl methyl sites for hydroxylation is 2. The van der Waals surface area contributed by atoms with Gasteiger partial charge in [0.25, 0.3) is 5.91 Å². The lowest BCUT2D eigenvalue weighted by atomic mass is 10.2. The first-order valence-electron chi connectivity index (χ1n) is 7.39. The molecule has 120 valence electrons. The fourth-order valence-corrected chi connectivity index (χ4v) is 3.72. The Bertz CT molecular complexity index is 738. The number of benzene rings is 1. The molecular formula is C16H16ClN3O2S. The van der Waals surface area contributed by atoms with E-state index in [1.165, 1.54) is 16.2 Å². The average Bonchev–Trinajstić information content (AvgIpc) is 3.08. The van der Waals surface area contributed by atoms with Crippen LogP contribution in [0.2, 0.25) is 5.02 Å². The molecule has 0 radical (unpaired) electrons. The van der Waals surface area contributed by atoms with Gasteiger partial charge in [-0.2, -0.15) is 0 Å². The smallest absolute Gasteiger partial charge is 0.253 e. The second kappa shape index (κ2) is 6.68. The minimum Gasteiger partial charge on any atom is -0.340 e. The van der Waals surface area contributed by atoms with Crippen molar-refractivity contribution in [3.05, 3.63) is 45.4 Å². The van der Waals surface area contributed by atoms with Gasteiger partial charge in [-0.15, -0.1) is 11.3 Å². The van der Waals surface area contributed by atoms with E-state index in [9.17, 15) is 9.59 Å². The van der Waals surface area contributed by atoms with Crippen molar-refractivity contribution in [3.63, 3.8) is 0 Å². The van der Waals surface area contributed by atoms with Crippen LogP contribution in [-0.4, -0.2) is 22.8 Å². The third-order valence-electron chi connectivity index (χ3n) is 3.69. The predicted molar refractivity (Wildman–Crippen MR) is 91.1 cm³/mol. The van der Waals surface area contributed by atoms with Crippen molar-refractivity contribution in [2.24, 2.45) is 0 Å². The lowest BCUT2D eigenvalue weighted by Crippen LogP contribution is -2.41. The van der Waals surface area contributed by atoms with E-state index in [1.54, 1.807) is 31.2 Å². The van der Waals surface area contributed by atoms with Gasteiger partial charge in [0, 0.05) is 4.88 Å². The summed E-state index contributed by atoms with van der Waals surface area (Å²) in [6.45, 7) is 1.63. The van der Waals surface area contributed by atoms with Crippen molar-refractivity contribution in [3.8, 4) is 0 Å². The van der Waals surface area contributed by atoms with Gasteiger partial charge in [0.15, 0.2) is 5.13 Å². The first-order chi connectivity index (χ1) is 11.0. The maximum Gasteiger partial charge on any atom is 0.253 e. The molecule has 1 atom stereocenters. The van der Waals surface area contributed by atoms with Crippen LogP contribution in [0.3, 0.4) is 0 Å². The van der Waals surface area contributed by atoms with Gasteiger partial charge < -0.3 is 10.6 Å². The molecule has 1 aliphatic rings. The molecule has 23 heavy (non-hydrogen) atoms. The number of nitrogens with one attached hydrogen (secondary N) is 2. The quantitative estimate of drug-likeness (QED) is 0.891. The van der Waals surface area contributed by atoms with Crippen LogP contribution in [-0.2, 0) is 17.6 Å². The molecule has 2 N–H and O–H groups in total. The Labute approximate surface area is 143 Å². The van der Waals surface area contributed by atoms with Crippen molar-refractivity contribution in [1.29, 1.82) is 0 Å². The Hall–Kier alpha value is -1.92. The Kier molecular flexibility index (Phi) is 4.63. The molecule has 0 fully saturated rings. The van der Waals surface area contributed by atoms with Crippen LogP contribution >= 0.6 is 22.9 Å². The molecular weight excluding hydrogens is 334 g/mol. The Morgan fingerprint density at radius 2 is 2.09 bits per heavy atom. The SMILES string of the molecule is C[C@@H](NC(=O)c1ccccc1Cl)C(=O)Nc1nc2c(s1)CCC2. The van der Waals surface area contributed by atoms with E-state index in [2.05, 4.69) is 15.6 Å². The summed E-state index contributed by atoms with van der Waals surface area (Å²) >= 11 is 7.49. The van der Waals surface area contributed by atoms with E-state index < -0.39 is 6.04 Å². The van der Waals surface area contributed by atoms with Gasteiger partial charge in [0.1, 0.15) is 6.04 Å². The molecule has 2 aromatic rings. The summed E-state index contributed by atoms with van der Waals surface area (Å²) in [6, 6.07) is 6.04. The number of hydrogen-bond donors (Lipinski definition) is 2. The maximum atomic E-state index is 12.2. The second-order valence-electron chi connectivity index (χ2n) is 5.41. The molecule has 0 saturated heterocycles. The summed E-state index contributed by atoms with van der Waals surface area (Å²) in [4.78, 5) is 30.0. The molecule has 5 nitrogen and oxygen atoms in total. The average molecular weight is 350 g/mol. The molecule has 0 spiro atoms. The molecule has 3 rings (SSSR count). The van der Waals surface area contributed by atoms with Crippen molar-refractivity contribution in [2.75, 3.05) is 5.32 Å². The fraction of sp³-hybridized carbons (Fsp3) is 0.312. The Morgan fingerprint density at radius 1 is 1.30 bits per heavy atom. The van der Waals surface area contributed by atoms with Crippen LogP contribution in [0.15, 0.2) is 24.3 Å². The fourth-order valence-electron chi connectivity index (χ4n) is 2.44. The highest BCUT2D eigenvalue weighted by molar-refractivity contribution is 7.15. The second-order valence-corrected chi connectivity index (χ2v) is 6.90. The number of aromatic nitrogens is 1. The summed E-state index contributed by atoms with van der Waals surface area (Å²) in [5.41, 5.74) is 1.43. The summed E-state index contributed by atoms with van der Waals surface area (Å²) < 4.78 is 0. The Balaban J connectivity index is 1.61. The summed E-state index contributed by atoms with van der Waals surface area (Å²) in [5.74, 6) is -0.669. The number of nitrogens with zero attached hydrogens (tertiary/aromatic N) is 1. The van der Waals surface area contributed by atoms with E-state index in [0.29, 0.717) is 15.7 Å². The molecule has 0 unspecified atom stereocenters. The van der Waals surface area contributed by atoms with E-state index in [1.807, 2.05) is 0 Å².